The molecule has 6 heteroatoms. The first kappa shape index (κ1) is 16.2. The zero-order valence-corrected chi connectivity index (χ0v) is 14.0. The number of aromatic amines is 1. The molecule has 1 fully saturated rings. The molecule has 126 valence electrons. The molecule has 0 bridgehead atoms. The lowest BCUT2D eigenvalue weighted by Gasteiger charge is -2.25. The van der Waals surface area contributed by atoms with Crippen LogP contribution in [0.2, 0.25) is 0 Å². The van der Waals surface area contributed by atoms with Gasteiger partial charge in [0.2, 0.25) is 0 Å². The van der Waals surface area contributed by atoms with Crippen molar-refractivity contribution in [3.63, 3.8) is 0 Å². The number of nitrogens with one attached hydrogen (secondary N) is 1. The van der Waals surface area contributed by atoms with Crippen LogP contribution in [-0.4, -0.2) is 44.2 Å². The van der Waals surface area contributed by atoms with Crippen LogP contribution in [-0.2, 0) is 4.79 Å². The Morgan fingerprint density at radius 1 is 1.25 bits per heavy atom. The monoisotopic (exact) mass is 327 g/mol. The number of aliphatic carboxylic acids is 1. The van der Waals surface area contributed by atoms with Crippen LogP contribution in [0.15, 0.2) is 24.3 Å². The Morgan fingerprint density at radius 2 is 1.96 bits per heavy atom. The second-order valence-corrected chi connectivity index (χ2v) is 6.42. The van der Waals surface area contributed by atoms with E-state index in [1.165, 1.54) is 10.5 Å². The summed E-state index contributed by atoms with van der Waals surface area (Å²) in [5.41, 5.74) is 4.28. The van der Waals surface area contributed by atoms with E-state index in [-0.39, 0.29) is 11.9 Å². The van der Waals surface area contributed by atoms with Gasteiger partial charge in [-0.05, 0) is 56.9 Å². The first-order valence-electron chi connectivity index (χ1n) is 8.07. The highest BCUT2D eigenvalue weighted by molar-refractivity contribution is 5.96. The summed E-state index contributed by atoms with van der Waals surface area (Å²) in [6, 6.07) is 6.86. The minimum Gasteiger partial charge on any atom is -0.480 e. The summed E-state index contributed by atoms with van der Waals surface area (Å²) in [6.45, 7) is 5.61. The molecule has 0 saturated heterocycles. The predicted octanol–water partition coefficient (Wildman–Crippen LogP) is 2.77. The highest BCUT2D eigenvalue weighted by Crippen LogP contribution is 2.30. The van der Waals surface area contributed by atoms with Crippen LogP contribution in [0.5, 0.6) is 0 Å². The lowest BCUT2D eigenvalue weighted by molar-refractivity contribution is -0.141. The lowest BCUT2D eigenvalue weighted by atomic mass is 10.0. The van der Waals surface area contributed by atoms with Gasteiger partial charge in [-0.25, -0.2) is 4.79 Å². The topological polar surface area (TPSA) is 86.3 Å². The average molecular weight is 327 g/mol. The van der Waals surface area contributed by atoms with Crippen LogP contribution >= 0.6 is 0 Å². The Bertz CT molecular complexity index is 793. The Balaban J connectivity index is 1.87. The molecule has 24 heavy (non-hydrogen) atoms. The highest BCUT2D eigenvalue weighted by atomic mass is 16.4. The normalized spacial score (nSPS) is 15.1. The average Bonchev–Trinajstić information content (AvgIpc) is 3.24. The minimum atomic E-state index is -0.996. The highest BCUT2D eigenvalue weighted by Gasteiger charge is 2.39. The first-order chi connectivity index (χ1) is 11.4. The maximum atomic E-state index is 12.7. The van der Waals surface area contributed by atoms with E-state index in [0.29, 0.717) is 11.4 Å². The predicted molar refractivity (Wildman–Crippen MR) is 89.8 cm³/mol. The summed E-state index contributed by atoms with van der Waals surface area (Å²) < 4.78 is 0. The Kier molecular flexibility index (Phi) is 4.13. The van der Waals surface area contributed by atoms with Crippen LogP contribution in [0.4, 0.5) is 0 Å². The maximum Gasteiger partial charge on any atom is 0.326 e. The molecule has 6 nitrogen and oxygen atoms in total. The zero-order valence-electron chi connectivity index (χ0n) is 14.0. The van der Waals surface area contributed by atoms with Gasteiger partial charge in [-0.2, -0.15) is 5.10 Å². The van der Waals surface area contributed by atoms with Crippen LogP contribution in [0.1, 0.15) is 41.4 Å². The third kappa shape index (κ3) is 3.04. The van der Waals surface area contributed by atoms with Gasteiger partial charge in [-0.15, -0.1) is 0 Å². The van der Waals surface area contributed by atoms with Crippen molar-refractivity contribution < 1.29 is 14.7 Å². The summed E-state index contributed by atoms with van der Waals surface area (Å²) in [7, 11) is 0. The first-order valence-corrected chi connectivity index (χ1v) is 8.07. The molecule has 1 aliphatic rings. The smallest absolute Gasteiger partial charge is 0.326 e. The number of carboxylic acid groups (broad SMARTS) is 1. The maximum absolute atomic E-state index is 12.7. The molecule has 1 amide bonds. The van der Waals surface area contributed by atoms with E-state index < -0.39 is 12.0 Å². The number of benzene rings is 1. The van der Waals surface area contributed by atoms with E-state index in [1.807, 2.05) is 32.0 Å². The van der Waals surface area contributed by atoms with Crippen LogP contribution in [0, 0.1) is 13.8 Å². The second-order valence-electron chi connectivity index (χ2n) is 6.42. The van der Waals surface area contributed by atoms with Crippen molar-refractivity contribution in [2.24, 2.45) is 0 Å². The SMILES string of the molecule is Cc1ccc(-c2cc(C(=O)N(C3CC3)C(C)C(=O)O)[nH]n2)cc1C. The molecule has 2 aromatic rings. The van der Waals surface area contributed by atoms with Crippen LogP contribution in [0.3, 0.4) is 0 Å². The van der Waals surface area contributed by atoms with Gasteiger partial charge in [0.05, 0.1) is 5.69 Å². The fourth-order valence-corrected chi connectivity index (χ4v) is 2.75. The molecule has 0 radical (unpaired) electrons. The molecule has 1 aliphatic carbocycles. The lowest BCUT2D eigenvalue weighted by Crippen LogP contribution is -2.44. The fraction of sp³-hybridized carbons (Fsp3) is 0.389. The van der Waals surface area contributed by atoms with Crippen molar-refractivity contribution in [2.45, 2.75) is 45.7 Å². The van der Waals surface area contributed by atoms with Crippen molar-refractivity contribution in [1.29, 1.82) is 0 Å². The zero-order chi connectivity index (χ0) is 17.4. The Labute approximate surface area is 140 Å². The number of hydrogen-bond acceptors (Lipinski definition) is 3. The van der Waals surface area contributed by atoms with Crippen LogP contribution < -0.4 is 0 Å². The number of aromatic nitrogens is 2. The van der Waals surface area contributed by atoms with E-state index in [1.54, 1.807) is 13.0 Å². The molecule has 1 atom stereocenters. The van der Waals surface area contributed by atoms with Gasteiger partial charge in [0.1, 0.15) is 11.7 Å². The number of rotatable bonds is 5. The van der Waals surface area contributed by atoms with Gasteiger partial charge in [0, 0.05) is 11.6 Å². The third-order valence-electron chi connectivity index (χ3n) is 4.56. The van der Waals surface area contributed by atoms with Gasteiger partial charge in [-0.3, -0.25) is 9.89 Å². The second kappa shape index (κ2) is 6.11. The Morgan fingerprint density at radius 3 is 2.54 bits per heavy atom. The summed E-state index contributed by atoms with van der Waals surface area (Å²) in [4.78, 5) is 25.5. The van der Waals surface area contributed by atoms with E-state index in [2.05, 4.69) is 10.2 Å². The number of amides is 1. The molecule has 1 heterocycles. The number of hydrogen-bond donors (Lipinski definition) is 2. The summed E-state index contributed by atoms with van der Waals surface area (Å²) in [5.74, 6) is -1.31. The standard InChI is InChI=1S/C18H21N3O3/c1-10-4-5-13(8-11(10)2)15-9-16(20-19-15)17(22)21(14-6-7-14)12(3)18(23)24/h4-5,8-9,12,14H,6-7H2,1-3H3,(H,19,20)(H,23,24). The van der Waals surface area contributed by atoms with Gasteiger partial charge < -0.3 is 10.0 Å². The summed E-state index contributed by atoms with van der Waals surface area (Å²) in [5, 5.41) is 16.2. The van der Waals surface area contributed by atoms with Crippen molar-refractivity contribution in [2.75, 3.05) is 0 Å². The number of aryl methyl sites for hydroxylation is 2. The fourth-order valence-electron chi connectivity index (χ4n) is 2.75. The Hall–Kier alpha value is -2.63. The van der Waals surface area contributed by atoms with Gasteiger partial charge >= 0.3 is 5.97 Å². The summed E-state index contributed by atoms with van der Waals surface area (Å²) in [6.07, 6.45) is 1.70. The quantitative estimate of drug-likeness (QED) is 0.884. The summed E-state index contributed by atoms with van der Waals surface area (Å²) >= 11 is 0. The van der Waals surface area contributed by atoms with Crippen molar-refractivity contribution in [3.8, 4) is 11.3 Å². The molecule has 0 spiro atoms. The number of carbonyl (C=O) groups excluding carboxylic acids is 1. The molecule has 1 unspecified atom stereocenters. The van der Waals surface area contributed by atoms with Crippen LogP contribution in [0.25, 0.3) is 11.3 Å². The molecular formula is C18H21N3O3. The van der Waals surface area contributed by atoms with Gasteiger partial charge in [0.15, 0.2) is 0 Å². The largest absolute Gasteiger partial charge is 0.480 e. The molecule has 0 aliphatic heterocycles. The molecule has 1 saturated carbocycles. The minimum absolute atomic E-state index is 0.0111. The molecule has 1 aromatic carbocycles. The van der Waals surface area contributed by atoms with Crippen molar-refractivity contribution in [3.05, 3.63) is 41.1 Å². The number of carbonyl (C=O) groups is 2. The number of nitrogens with zero attached hydrogens (tertiary/aromatic N) is 2. The third-order valence-corrected chi connectivity index (χ3v) is 4.56. The number of carboxylic acids is 1. The van der Waals surface area contributed by atoms with Gasteiger partial charge in [-0.1, -0.05) is 12.1 Å². The molecule has 3 rings (SSSR count). The molecule has 2 N–H and O–H groups in total. The van der Waals surface area contributed by atoms with E-state index in [0.717, 1.165) is 24.0 Å². The van der Waals surface area contributed by atoms with Crippen molar-refractivity contribution in [1.82, 2.24) is 15.1 Å². The van der Waals surface area contributed by atoms with E-state index in [9.17, 15) is 14.7 Å². The number of H-pyrrole nitrogens is 1. The van der Waals surface area contributed by atoms with Gasteiger partial charge in [0.25, 0.3) is 5.91 Å². The molecular weight excluding hydrogens is 306 g/mol. The van der Waals surface area contributed by atoms with Crippen molar-refractivity contribution >= 4 is 11.9 Å². The van der Waals surface area contributed by atoms with E-state index in [4.69, 9.17) is 0 Å². The molecule has 1 aromatic heterocycles. The van der Waals surface area contributed by atoms with E-state index >= 15 is 0 Å².